The fourth-order valence-electron chi connectivity index (χ4n) is 2.41. The fraction of sp³-hybridized carbons (Fsp3) is 0.750. The second-order valence-electron chi connectivity index (χ2n) is 7.03. The van der Waals surface area contributed by atoms with Gasteiger partial charge in [-0.1, -0.05) is 20.8 Å². The number of carbonyl (C=O) groups excluding carboxylic acids is 1. The zero-order valence-electron chi connectivity index (χ0n) is 14.4. The molecule has 0 unspecified atom stereocenters. The minimum atomic E-state index is -0.361. The summed E-state index contributed by atoms with van der Waals surface area (Å²) in [5.41, 5.74) is 0.385. The highest BCUT2D eigenvalue weighted by Gasteiger charge is 2.28. The molecule has 1 N–H and O–H groups in total. The molecule has 0 saturated carbocycles. The van der Waals surface area contributed by atoms with Crippen molar-refractivity contribution in [2.45, 2.75) is 33.5 Å². The molecular formula is C16H27N3O3S. The smallest absolute Gasteiger partial charge is 0.273 e. The number of aromatic nitrogens is 1. The molecule has 0 bridgehead atoms. The van der Waals surface area contributed by atoms with Crippen molar-refractivity contribution in [3.8, 4) is 0 Å². The van der Waals surface area contributed by atoms with E-state index in [1.165, 1.54) is 11.3 Å². The number of rotatable bonds is 5. The lowest BCUT2D eigenvalue weighted by Gasteiger charge is -2.37. The van der Waals surface area contributed by atoms with Crippen molar-refractivity contribution in [2.75, 3.05) is 39.8 Å². The van der Waals surface area contributed by atoms with Gasteiger partial charge in [-0.3, -0.25) is 9.69 Å². The lowest BCUT2D eigenvalue weighted by atomic mass is 9.89. The number of aliphatic hydroxyl groups is 1. The third-order valence-corrected chi connectivity index (χ3v) is 4.95. The van der Waals surface area contributed by atoms with E-state index >= 15 is 0 Å². The number of hydrogen-bond acceptors (Lipinski definition) is 6. The number of nitrogens with zero attached hydrogens (tertiary/aromatic N) is 3. The molecule has 1 aliphatic rings. The second-order valence-corrected chi connectivity index (χ2v) is 7.98. The van der Waals surface area contributed by atoms with Crippen LogP contribution in [-0.4, -0.2) is 71.7 Å². The number of ether oxygens (including phenoxy) is 1. The average Bonchev–Trinajstić information content (AvgIpc) is 2.95. The van der Waals surface area contributed by atoms with Gasteiger partial charge in [0.1, 0.15) is 10.7 Å². The number of aliphatic hydroxyl groups excluding tert-OH is 1. The monoisotopic (exact) mass is 341 g/mol. The van der Waals surface area contributed by atoms with Gasteiger partial charge in [-0.15, -0.1) is 11.3 Å². The van der Waals surface area contributed by atoms with E-state index in [0.717, 1.165) is 18.1 Å². The normalized spacial score (nSPS) is 18.2. The van der Waals surface area contributed by atoms with Crippen LogP contribution in [0.5, 0.6) is 0 Å². The molecular weight excluding hydrogens is 314 g/mol. The predicted molar refractivity (Wildman–Crippen MR) is 90.6 cm³/mol. The SMILES string of the molecule is COCc1nc(C(=O)N2CCN(C[C@@H](O)C(C)(C)C)CC2)cs1. The van der Waals surface area contributed by atoms with Crippen molar-refractivity contribution in [2.24, 2.45) is 5.41 Å². The van der Waals surface area contributed by atoms with Crippen molar-refractivity contribution >= 4 is 17.2 Å². The molecule has 0 radical (unpaired) electrons. The highest BCUT2D eigenvalue weighted by Crippen LogP contribution is 2.20. The lowest BCUT2D eigenvalue weighted by molar-refractivity contribution is 0.0136. The molecule has 1 aliphatic heterocycles. The number of methoxy groups -OCH3 is 1. The molecule has 6 nitrogen and oxygen atoms in total. The van der Waals surface area contributed by atoms with Crippen LogP contribution in [0, 0.1) is 5.41 Å². The molecule has 130 valence electrons. The van der Waals surface area contributed by atoms with Gasteiger partial charge in [0, 0.05) is 45.2 Å². The quantitative estimate of drug-likeness (QED) is 0.878. The number of β-amino-alcohol motifs (C(OH)–C–C–N with tert-alkyl or cyclic N) is 1. The van der Waals surface area contributed by atoms with Crippen molar-refractivity contribution in [3.63, 3.8) is 0 Å². The van der Waals surface area contributed by atoms with Crippen molar-refractivity contribution in [1.82, 2.24) is 14.8 Å². The molecule has 7 heteroatoms. The summed E-state index contributed by atoms with van der Waals surface area (Å²) in [6, 6.07) is 0. The predicted octanol–water partition coefficient (Wildman–Crippen LogP) is 1.45. The van der Waals surface area contributed by atoms with Gasteiger partial charge in [0.15, 0.2) is 0 Å². The Morgan fingerprint density at radius 3 is 2.61 bits per heavy atom. The van der Waals surface area contributed by atoms with E-state index in [2.05, 4.69) is 9.88 Å². The molecule has 1 amide bonds. The topological polar surface area (TPSA) is 65.9 Å². The first kappa shape index (κ1) is 18.3. The molecule has 23 heavy (non-hydrogen) atoms. The summed E-state index contributed by atoms with van der Waals surface area (Å²) in [5.74, 6) is -0.0142. The third-order valence-electron chi connectivity index (χ3n) is 4.13. The van der Waals surface area contributed by atoms with E-state index in [1.807, 2.05) is 25.7 Å². The number of amides is 1. The fourth-order valence-corrected chi connectivity index (χ4v) is 3.15. The highest BCUT2D eigenvalue weighted by atomic mass is 32.1. The van der Waals surface area contributed by atoms with Crippen molar-refractivity contribution < 1.29 is 14.6 Å². The Balaban J connectivity index is 1.84. The van der Waals surface area contributed by atoms with Crippen LogP contribution in [0.1, 0.15) is 36.3 Å². The van der Waals surface area contributed by atoms with Gasteiger partial charge in [-0.25, -0.2) is 4.98 Å². The first-order chi connectivity index (χ1) is 10.8. The van der Waals surface area contributed by atoms with Gasteiger partial charge < -0.3 is 14.7 Å². The van der Waals surface area contributed by atoms with Crippen LogP contribution >= 0.6 is 11.3 Å². The Bertz CT molecular complexity index is 519. The average molecular weight is 341 g/mol. The molecule has 2 heterocycles. The Kier molecular flexibility index (Phi) is 6.13. The van der Waals surface area contributed by atoms with Gasteiger partial charge in [-0.2, -0.15) is 0 Å². The zero-order valence-corrected chi connectivity index (χ0v) is 15.2. The van der Waals surface area contributed by atoms with Gasteiger partial charge in [0.2, 0.25) is 0 Å². The second kappa shape index (κ2) is 7.70. The molecule has 1 aromatic heterocycles. The first-order valence-electron chi connectivity index (χ1n) is 7.94. The zero-order chi connectivity index (χ0) is 17.0. The highest BCUT2D eigenvalue weighted by molar-refractivity contribution is 7.09. The molecule has 1 atom stereocenters. The minimum Gasteiger partial charge on any atom is -0.391 e. The molecule has 2 rings (SSSR count). The molecule has 1 saturated heterocycles. The van der Waals surface area contributed by atoms with Crippen molar-refractivity contribution in [1.29, 1.82) is 0 Å². The van der Waals surface area contributed by atoms with Crippen LogP contribution in [0.4, 0.5) is 0 Å². The summed E-state index contributed by atoms with van der Waals surface area (Å²) in [7, 11) is 1.62. The van der Waals surface area contributed by atoms with E-state index in [0.29, 0.717) is 31.9 Å². The summed E-state index contributed by atoms with van der Waals surface area (Å²) in [6.45, 7) is 10.1. The van der Waals surface area contributed by atoms with Gasteiger partial charge in [0.25, 0.3) is 5.91 Å². The van der Waals surface area contributed by atoms with Gasteiger partial charge in [0.05, 0.1) is 12.7 Å². The molecule has 0 aliphatic carbocycles. The van der Waals surface area contributed by atoms with E-state index < -0.39 is 0 Å². The minimum absolute atomic E-state index is 0.0142. The van der Waals surface area contributed by atoms with Crippen LogP contribution in [0.2, 0.25) is 0 Å². The van der Waals surface area contributed by atoms with Gasteiger partial charge >= 0.3 is 0 Å². The van der Waals surface area contributed by atoms with E-state index in [-0.39, 0.29) is 17.4 Å². The number of hydrogen-bond donors (Lipinski definition) is 1. The number of thiazole rings is 1. The van der Waals surface area contributed by atoms with Crippen molar-refractivity contribution in [3.05, 3.63) is 16.1 Å². The van der Waals surface area contributed by atoms with Gasteiger partial charge in [-0.05, 0) is 5.41 Å². The van der Waals surface area contributed by atoms with Crippen LogP contribution in [0.25, 0.3) is 0 Å². The maximum Gasteiger partial charge on any atom is 0.273 e. The largest absolute Gasteiger partial charge is 0.391 e. The van der Waals surface area contributed by atoms with E-state index in [9.17, 15) is 9.90 Å². The lowest BCUT2D eigenvalue weighted by Crippen LogP contribution is -2.51. The van der Waals surface area contributed by atoms with Crippen LogP contribution < -0.4 is 0 Å². The Hall–Kier alpha value is -1.02. The Morgan fingerprint density at radius 1 is 1.39 bits per heavy atom. The summed E-state index contributed by atoms with van der Waals surface area (Å²) < 4.78 is 5.04. The first-order valence-corrected chi connectivity index (χ1v) is 8.82. The third kappa shape index (κ3) is 4.97. The summed E-state index contributed by atoms with van der Waals surface area (Å²) in [4.78, 5) is 20.8. The number of carbonyl (C=O) groups is 1. The van der Waals surface area contributed by atoms with Crippen LogP contribution in [0.15, 0.2) is 5.38 Å². The molecule has 1 fully saturated rings. The van der Waals surface area contributed by atoms with Crippen LogP contribution in [-0.2, 0) is 11.3 Å². The molecule has 1 aromatic rings. The van der Waals surface area contributed by atoms with E-state index in [1.54, 1.807) is 12.5 Å². The summed E-state index contributed by atoms with van der Waals surface area (Å²) in [5, 5.41) is 12.8. The molecule has 0 spiro atoms. The van der Waals surface area contributed by atoms with Crippen LogP contribution in [0.3, 0.4) is 0 Å². The maximum atomic E-state index is 12.5. The Labute approximate surface area is 142 Å². The number of piperazine rings is 1. The summed E-state index contributed by atoms with van der Waals surface area (Å²) >= 11 is 1.45. The maximum absolute atomic E-state index is 12.5. The molecule has 0 aromatic carbocycles. The standard InChI is InChI=1S/C16H27N3O3S/c1-16(2,3)13(20)9-18-5-7-19(8-6-18)15(21)12-11-23-14(17-12)10-22-4/h11,13,20H,5-10H2,1-4H3/t13-/m1/s1. The van der Waals surface area contributed by atoms with E-state index in [4.69, 9.17) is 4.74 Å². The summed E-state index contributed by atoms with van der Waals surface area (Å²) in [6.07, 6.45) is -0.361. The Morgan fingerprint density at radius 2 is 2.04 bits per heavy atom.